The number of nitrogens with zero attached hydrogens (tertiary/aromatic N) is 1. The first kappa shape index (κ1) is 9.57. The van der Waals surface area contributed by atoms with Crippen LogP contribution < -0.4 is 5.32 Å². The monoisotopic (exact) mass is 183 g/mol. The van der Waals surface area contributed by atoms with E-state index >= 15 is 0 Å². The van der Waals surface area contributed by atoms with Crippen LogP contribution in [0.4, 0.5) is 10.6 Å². The van der Waals surface area contributed by atoms with Crippen LogP contribution in [0.5, 0.6) is 0 Å². The SMILES string of the molecule is CC(C)COC(=O)Nc1ccn[nH]1. The molecule has 1 heterocycles. The number of carbonyl (C=O) groups is 1. The molecule has 0 aliphatic rings. The molecule has 1 amide bonds. The van der Waals surface area contributed by atoms with Crippen LogP contribution in [-0.4, -0.2) is 22.9 Å². The Balaban J connectivity index is 2.26. The molecule has 0 bridgehead atoms. The second-order valence-electron chi connectivity index (χ2n) is 3.09. The Morgan fingerprint density at radius 2 is 2.54 bits per heavy atom. The summed E-state index contributed by atoms with van der Waals surface area (Å²) in [5, 5.41) is 8.77. The maximum atomic E-state index is 11.0. The zero-order chi connectivity index (χ0) is 9.68. The minimum Gasteiger partial charge on any atom is -0.449 e. The van der Waals surface area contributed by atoms with E-state index in [1.54, 1.807) is 12.3 Å². The van der Waals surface area contributed by atoms with Gasteiger partial charge in [-0.3, -0.25) is 10.4 Å². The largest absolute Gasteiger partial charge is 0.449 e. The van der Waals surface area contributed by atoms with Crippen molar-refractivity contribution >= 4 is 11.9 Å². The molecule has 1 rings (SSSR count). The van der Waals surface area contributed by atoms with E-state index in [9.17, 15) is 4.79 Å². The zero-order valence-electron chi connectivity index (χ0n) is 7.70. The van der Waals surface area contributed by atoms with E-state index in [-0.39, 0.29) is 0 Å². The Bertz CT molecular complexity index is 256. The van der Waals surface area contributed by atoms with Gasteiger partial charge in [0.15, 0.2) is 0 Å². The Kier molecular flexibility index (Phi) is 3.31. The Hall–Kier alpha value is -1.52. The molecule has 0 fully saturated rings. The fourth-order valence-corrected chi connectivity index (χ4v) is 0.714. The molecule has 0 unspecified atom stereocenters. The highest BCUT2D eigenvalue weighted by molar-refractivity contribution is 5.83. The van der Waals surface area contributed by atoms with Gasteiger partial charge in [-0.2, -0.15) is 5.10 Å². The van der Waals surface area contributed by atoms with Crippen molar-refractivity contribution < 1.29 is 9.53 Å². The highest BCUT2D eigenvalue weighted by Gasteiger charge is 2.04. The zero-order valence-corrected chi connectivity index (χ0v) is 7.70. The molecule has 0 saturated heterocycles. The van der Waals surface area contributed by atoms with E-state index in [1.165, 1.54) is 0 Å². The average Bonchev–Trinajstić information content (AvgIpc) is 2.53. The summed E-state index contributed by atoms with van der Waals surface area (Å²) in [5.74, 6) is 0.876. The van der Waals surface area contributed by atoms with Gasteiger partial charge in [0, 0.05) is 6.07 Å². The van der Waals surface area contributed by atoms with E-state index in [1.807, 2.05) is 13.8 Å². The molecular formula is C8H13N3O2. The molecule has 1 aromatic heterocycles. The maximum absolute atomic E-state index is 11.0. The Morgan fingerprint density at radius 1 is 1.77 bits per heavy atom. The van der Waals surface area contributed by atoms with Crippen LogP contribution in [0.2, 0.25) is 0 Å². The number of carbonyl (C=O) groups excluding carboxylic acids is 1. The van der Waals surface area contributed by atoms with Crippen molar-refractivity contribution in [1.29, 1.82) is 0 Å². The van der Waals surface area contributed by atoms with Crippen LogP contribution in [0.1, 0.15) is 13.8 Å². The van der Waals surface area contributed by atoms with Crippen LogP contribution in [0.3, 0.4) is 0 Å². The lowest BCUT2D eigenvalue weighted by atomic mass is 10.2. The van der Waals surface area contributed by atoms with Crippen molar-refractivity contribution in [2.24, 2.45) is 5.92 Å². The summed E-state index contributed by atoms with van der Waals surface area (Å²) < 4.78 is 4.88. The number of ether oxygens (including phenoxy) is 1. The first-order valence-electron chi connectivity index (χ1n) is 4.11. The topological polar surface area (TPSA) is 67.0 Å². The van der Waals surface area contributed by atoms with E-state index in [4.69, 9.17) is 4.74 Å². The van der Waals surface area contributed by atoms with Gasteiger partial charge in [-0.05, 0) is 5.92 Å². The fraction of sp³-hybridized carbons (Fsp3) is 0.500. The molecule has 0 aliphatic carbocycles. The molecule has 0 spiro atoms. The number of H-pyrrole nitrogens is 1. The van der Waals surface area contributed by atoms with Crippen molar-refractivity contribution in [2.75, 3.05) is 11.9 Å². The molecule has 5 nitrogen and oxygen atoms in total. The van der Waals surface area contributed by atoms with Gasteiger partial charge >= 0.3 is 6.09 Å². The van der Waals surface area contributed by atoms with Crippen molar-refractivity contribution in [3.05, 3.63) is 12.3 Å². The number of nitrogens with one attached hydrogen (secondary N) is 2. The molecule has 13 heavy (non-hydrogen) atoms. The van der Waals surface area contributed by atoms with Crippen LogP contribution in [0.25, 0.3) is 0 Å². The third kappa shape index (κ3) is 3.59. The minimum atomic E-state index is -0.460. The van der Waals surface area contributed by atoms with E-state index in [2.05, 4.69) is 15.5 Å². The number of hydrogen-bond donors (Lipinski definition) is 2. The predicted octanol–water partition coefficient (Wildman–Crippen LogP) is 1.61. The molecule has 5 heteroatoms. The smallest absolute Gasteiger partial charge is 0.412 e. The van der Waals surface area contributed by atoms with Gasteiger partial charge in [-0.25, -0.2) is 4.79 Å². The Morgan fingerprint density at radius 3 is 3.08 bits per heavy atom. The lowest BCUT2D eigenvalue weighted by Crippen LogP contribution is -2.16. The van der Waals surface area contributed by atoms with Crippen LogP contribution in [0.15, 0.2) is 12.3 Å². The second kappa shape index (κ2) is 4.49. The minimum absolute atomic E-state index is 0.340. The highest BCUT2D eigenvalue weighted by Crippen LogP contribution is 2.00. The first-order chi connectivity index (χ1) is 6.18. The number of aromatic nitrogens is 2. The third-order valence-corrected chi connectivity index (χ3v) is 1.29. The summed E-state index contributed by atoms with van der Waals surface area (Å²) in [6, 6.07) is 1.65. The van der Waals surface area contributed by atoms with Crippen molar-refractivity contribution in [3.8, 4) is 0 Å². The van der Waals surface area contributed by atoms with Crippen molar-refractivity contribution in [1.82, 2.24) is 10.2 Å². The second-order valence-corrected chi connectivity index (χ2v) is 3.09. The Labute approximate surface area is 76.5 Å². The highest BCUT2D eigenvalue weighted by atomic mass is 16.5. The number of aromatic amines is 1. The molecule has 72 valence electrons. The van der Waals surface area contributed by atoms with Gasteiger partial charge in [0.1, 0.15) is 5.82 Å². The fourth-order valence-electron chi connectivity index (χ4n) is 0.714. The van der Waals surface area contributed by atoms with Crippen LogP contribution >= 0.6 is 0 Å². The van der Waals surface area contributed by atoms with Gasteiger partial charge in [-0.15, -0.1) is 0 Å². The lowest BCUT2D eigenvalue weighted by molar-refractivity contribution is 0.147. The molecule has 0 radical (unpaired) electrons. The lowest BCUT2D eigenvalue weighted by Gasteiger charge is -2.06. The number of anilines is 1. The molecule has 0 saturated carbocycles. The van der Waals surface area contributed by atoms with E-state index in [0.29, 0.717) is 18.3 Å². The number of hydrogen-bond acceptors (Lipinski definition) is 3. The molecular weight excluding hydrogens is 170 g/mol. The number of rotatable bonds is 3. The normalized spacial score (nSPS) is 10.1. The predicted molar refractivity (Wildman–Crippen MR) is 48.4 cm³/mol. The standard InChI is InChI=1S/C8H13N3O2/c1-6(2)5-13-8(12)10-7-3-4-9-11-7/h3-4,6H,5H2,1-2H3,(H2,9,10,11,12). The summed E-state index contributed by atoms with van der Waals surface area (Å²) in [4.78, 5) is 11.0. The first-order valence-corrected chi connectivity index (χ1v) is 4.11. The molecule has 0 atom stereocenters. The van der Waals surface area contributed by atoms with Crippen LogP contribution in [-0.2, 0) is 4.74 Å². The van der Waals surface area contributed by atoms with Gasteiger partial charge in [0.05, 0.1) is 12.8 Å². The molecule has 0 aliphatic heterocycles. The van der Waals surface area contributed by atoms with Gasteiger partial charge in [0.2, 0.25) is 0 Å². The van der Waals surface area contributed by atoms with Crippen LogP contribution in [0, 0.1) is 5.92 Å². The average molecular weight is 183 g/mol. The summed E-state index contributed by atoms with van der Waals surface area (Å²) in [6.45, 7) is 4.37. The molecule has 1 aromatic rings. The van der Waals surface area contributed by atoms with Gasteiger partial charge < -0.3 is 4.74 Å². The third-order valence-electron chi connectivity index (χ3n) is 1.29. The summed E-state index contributed by atoms with van der Waals surface area (Å²) >= 11 is 0. The van der Waals surface area contributed by atoms with Gasteiger partial charge in [-0.1, -0.05) is 13.8 Å². The van der Waals surface area contributed by atoms with Crippen molar-refractivity contribution in [3.63, 3.8) is 0 Å². The summed E-state index contributed by atoms with van der Waals surface area (Å²) in [5.41, 5.74) is 0. The van der Waals surface area contributed by atoms with E-state index in [0.717, 1.165) is 0 Å². The van der Waals surface area contributed by atoms with E-state index < -0.39 is 6.09 Å². The summed E-state index contributed by atoms with van der Waals surface area (Å²) in [7, 11) is 0. The number of amides is 1. The van der Waals surface area contributed by atoms with Gasteiger partial charge in [0.25, 0.3) is 0 Å². The molecule has 2 N–H and O–H groups in total. The quantitative estimate of drug-likeness (QED) is 0.748. The molecule has 0 aromatic carbocycles. The summed E-state index contributed by atoms with van der Waals surface area (Å²) in [6.07, 6.45) is 1.09. The van der Waals surface area contributed by atoms with Crippen molar-refractivity contribution in [2.45, 2.75) is 13.8 Å². The maximum Gasteiger partial charge on any atom is 0.412 e.